The van der Waals surface area contributed by atoms with Crippen LogP contribution in [0.1, 0.15) is 18.1 Å². The first-order valence-electron chi connectivity index (χ1n) is 4.27. The van der Waals surface area contributed by atoms with E-state index in [1.165, 1.54) is 7.11 Å². The SMILES string of the molecule is COc1nc(Cl)ccc1[C@@H](O)CCN. The molecule has 1 aromatic rings. The molecule has 14 heavy (non-hydrogen) atoms. The average Bonchev–Trinajstić information content (AvgIpc) is 2.17. The second kappa shape index (κ2) is 5.14. The minimum Gasteiger partial charge on any atom is -0.481 e. The first-order chi connectivity index (χ1) is 6.69. The van der Waals surface area contributed by atoms with Crippen LogP contribution in [-0.4, -0.2) is 23.7 Å². The summed E-state index contributed by atoms with van der Waals surface area (Å²) in [5.41, 5.74) is 5.95. The van der Waals surface area contributed by atoms with Crippen molar-refractivity contribution in [1.82, 2.24) is 4.98 Å². The van der Waals surface area contributed by atoms with Gasteiger partial charge >= 0.3 is 0 Å². The van der Waals surface area contributed by atoms with E-state index in [2.05, 4.69) is 4.98 Å². The van der Waals surface area contributed by atoms with Crippen LogP contribution in [0.25, 0.3) is 0 Å². The summed E-state index contributed by atoms with van der Waals surface area (Å²) in [5, 5.41) is 10.0. The minimum atomic E-state index is -0.653. The molecule has 0 aliphatic rings. The third kappa shape index (κ3) is 2.57. The maximum atomic E-state index is 9.68. The lowest BCUT2D eigenvalue weighted by atomic mass is 10.1. The molecule has 4 nitrogen and oxygen atoms in total. The number of hydrogen-bond acceptors (Lipinski definition) is 4. The summed E-state index contributed by atoms with van der Waals surface area (Å²) < 4.78 is 5.00. The quantitative estimate of drug-likeness (QED) is 0.741. The van der Waals surface area contributed by atoms with Crippen LogP contribution in [0.15, 0.2) is 12.1 Å². The lowest BCUT2D eigenvalue weighted by molar-refractivity contribution is 0.165. The zero-order chi connectivity index (χ0) is 10.6. The summed E-state index contributed by atoms with van der Waals surface area (Å²) >= 11 is 5.68. The summed E-state index contributed by atoms with van der Waals surface area (Å²) in [6.07, 6.45) is -0.181. The number of hydrogen-bond donors (Lipinski definition) is 2. The number of nitrogens with zero attached hydrogens (tertiary/aromatic N) is 1. The lowest BCUT2D eigenvalue weighted by Crippen LogP contribution is -2.08. The van der Waals surface area contributed by atoms with Crippen LogP contribution < -0.4 is 10.5 Å². The van der Waals surface area contributed by atoms with Crippen molar-refractivity contribution in [2.75, 3.05) is 13.7 Å². The smallest absolute Gasteiger partial charge is 0.220 e. The van der Waals surface area contributed by atoms with Gasteiger partial charge in [0.25, 0.3) is 0 Å². The Morgan fingerprint density at radius 1 is 1.64 bits per heavy atom. The summed E-state index contributed by atoms with van der Waals surface area (Å²) in [7, 11) is 1.48. The number of pyridine rings is 1. The van der Waals surface area contributed by atoms with Crippen molar-refractivity contribution in [3.63, 3.8) is 0 Å². The number of aromatic nitrogens is 1. The van der Waals surface area contributed by atoms with Gasteiger partial charge in [0.1, 0.15) is 5.15 Å². The molecular formula is C9H13ClN2O2. The topological polar surface area (TPSA) is 68.4 Å². The van der Waals surface area contributed by atoms with E-state index in [0.717, 1.165) is 0 Å². The first-order valence-corrected chi connectivity index (χ1v) is 4.65. The molecule has 0 aliphatic carbocycles. The van der Waals surface area contributed by atoms with Crippen LogP contribution in [0, 0.1) is 0 Å². The molecule has 0 unspecified atom stereocenters. The zero-order valence-corrected chi connectivity index (χ0v) is 8.66. The largest absolute Gasteiger partial charge is 0.481 e. The van der Waals surface area contributed by atoms with Crippen LogP contribution in [0.3, 0.4) is 0 Å². The van der Waals surface area contributed by atoms with E-state index >= 15 is 0 Å². The van der Waals surface area contributed by atoms with Crippen LogP contribution in [0.2, 0.25) is 5.15 Å². The number of nitrogens with two attached hydrogens (primary N) is 1. The standard InChI is InChI=1S/C9H13ClN2O2/c1-14-9-6(7(13)4-5-11)2-3-8(10)12-9/h2-3,7,13H,4-5,11H2,1H3/t7-/m0/s1. The van der Waals surface area contributed by atoms with E-state index in [-0.39, 0.29) is 0 Å². The van der Waals surface area contributed by atoms with Crippen LogP contribution in [0.5, 0.6) is 5.88 Å². The number of aliphatic hydroxyl groups is 1. The fourth-order valence-corrected chi connectivity index (χ4v) is 1.30. The maximum absolute atomic E-state index is 9.68. The number of halogens is 1. The molecule has 0 radical (unpaired) electrons. The third-order valence-electron chi connectivity index (χ3n) is 1.85. The van der Waals surface area contributed by atoms with Crippen LogP contribution in [-0.2, 0) is 0 Å². The first kappa shape index (κ1) is 11.2. The van der Waals surface area contributed by atoms with E-state index in [1.54, 1.807) is 12.1 Å². The molecule has 3 N–H and O–H groups in total. The van der Waals surface area contributed by atoms with E-state index < -0.39 is 6.10 Å². The van der Waals surface area contributed by atoms with Crippen LogP contribution >= 0.6 is 11.6 Å². The molecule has 1 heterocycles. The molecular weight excluding hydrogens is 204 g/mol. The van der Waals surface area contributed by atoms with Gasteiger partial charge in [0.05, 0.1) is 13.2 Å². The molecule has 78 valence electrons. The van der Waals surface area contributed by atoms with Gasteiger partial charge in [-0.05, 0) is 25.1 Å². The fraction of sp³-hybridized carbons (Fsp3) is 0.444. The highest BCUT2D eigenvalue weighted by Gasteiger charge is 2.13. The van der Waals surface area contributed by atoms with Crippen molar-refractivity contribution < 1.29 is 9.84 Å². The van der Waals surface area contributed by atoms with Gasteiger partial charge in [0.2, 0.25) is 5.88 Å². The monoisotopic (exact) mass is 216 g/mol. The highest BCUT2D eigenvalue weighted by atomic mass is 35.5. The molecule has 1 rings (SSSR count). The van der Waals surface area contributed by atoms with Gasteiger partial charge in [-0.15, -0.1) is 0 Å². The average molecular weight is 217 g/mol. The van der Waals surface area contributed by atoms with Crippen molar-refractivity contribution in [3.05, 3.63) is 22.8 Å². The second-order valence-corrected chi connectivity index (χ2v) is 3.21. The Balaban J connectivity index is 2.95. The molecule has 0 spiro atoms. The van der Waals surface area contributed by atoms with Gasteiger partial charge in [0, 0.05) is 5.56 Å². The molecule has 5 heteroatoms. The minimum absolute atomic E-state index is 0.338. The van der Waals surface area contributed by atoms with Crippen LogP contribution in [0.4, 0.5) is 0 Å². The number of ether oxygens (including phenoxy) is 1. The molecule has 1 aromatic heterocycles. The van der Waals surface area contributed by atoms with E-state index in [4.69, 9.17) is 22.1 Å². The predicted octanol–water partition coefficient (Wildman–Crippen LogP) is 1.13. The zero-order valence-electron chi connectivity index (χ0n) is 7.90. The van der Waals surface area contributed by atoms with Gasteiger partial charge in [-0.1, -0.05) is 11.6 Å². The fourth-order valence-electron chi connectivity index (χ4n) is 1.16. The molecule has 0 saturated carbocycles. The predicted molar refractivity (Wildman–Crippen MR) is 54.4 cm³/mol. The van der Waals surface area contributed by atoms with Crippen molar-refractivity contribution in [3.8, 4) is 5.88 Å². The van der Waals surface area contributed by atoms with Crippen molar-refractivity contribution >= 4 is 11.6 Å². The molecule has 0 aliphatic heterocycles. The molecule has 0 aromatic carbocycles. The van der Waals surface area contributed by atoms with E-state index in [9.17, 15) is 5.11 Å². The highest BCUT2D eigenvalue weighted by Crippen LogP contribution is 2.26. The molecule has 1 atom stereocenters. The van der Waals surface area contributed by atoms with Gasteiger partial charge in [0.15, 0.2) is 0 Å². The third-order valence-corrected chi connectivity index (χ3v) is 2.06. The van der Waals surface area contributed by atoms with E-state index in [1.807, 2.05) is 0 Å². The Hall–Kier alpha value is -0.840. The van der Waals surface area contributed by atoms with Gasteiger partial charge in [-0.25, -0.2) is 4.98 Å². The number of methoxy groups -OCH3 is 1. The second-order valence-electron chi connectivity index (χ2n) is 2.83. The Bertz CT molecular complexity index is 307. The Labute approximate surface area is 87.7 Å². The molecule has 0 amide bonds. The van der Waals surface area contributed by atoms with Crippen molar-refractivity contribution in [2.24, 2.45) is 5.73 Å². The Morgan fingerprint density at radius 2 is 2.36 bits per heavy atom. The van der Waals surface area contributed by atoms with Crippen molar-refractivity contribution in [2.45, 2.75) is 12.5 Å². The summed E-state index contributed by atoms with van der Waals surface area (Å²) in [6.45, 7) is 0.410. The molecule has 0 saturated heterocycles. The number of rotatable bonds is 4. The van der Waals surface area contributed by atoms with E-state index in [0.29, 0.717) is 29.6 Å². The Morgan fingerprint density at radius 3 is 2.93 bits per heavy atom. The summed E-state index contributed by atoms with van der Waals surface area (Å²) in [5.74, 6) is 0.346. The summed E-state index contributed by atoms with van der Waals surface area (Å²) in [6, 6.07) is 3.30. The summed E-state index contributed by atoms with van der Waals surface area (Å²) in [4.78, 5) is 3.94. The highest BCUT2D eigenvalue weighted by molar-refractivity contribution is 6.29. The number of aliphatic hydroxyl groups excluding tert-OH is 1. The molecule has 0 bridgehead atoms. The normalized spacial score (nSPS) is 12.6. The van der Waals surface area contributed by atoms with Gasteiger partial charge in [-0.2, -0.15) is 0 Å². The maximum Gasteiger partial charge on any atom is 0.220 e. The van der Waals surface area contributed by atoms with Crippen molar-refractivity contribution in [1.29, 1.82) is 0 Å². The van der Waals surface area contributed by atoms with Gasteiger partial charge in [-0.3, -0.25) is 0 Å². The lowest BCUT2D eigenvalue weighted by Gasteiger charge is -2.12. The van der Waals surface area contributed by atoms with Gasteiger partial charge < -0.3 is 15.6 Å². The molecule has 0 fully saturated rings. The Kier molecular flexibility index (Phi) is 4.13.